The summed E-state index contributed by atoms with van der Waals surface area (Å²) in [4.78, 5) is 13.5. The van der Waals surface area contributed by atoms with Gasteiger partial charge < -0.3 is 15.0 Å². The molecule has 102 valence electrons. The number of hydrogen-bond donors (Lipinski definition) is 1. The summed E-state index contributed by atoms with van der Waals surface area (Å²) in [6, 6.07) is 8.36. The molecule has 1 aliphatic rings. The van der Waals surface area contributed by atoms with Gasteiger partial charge in [0, 0.05) is 37.9 Å². The Bertz CT molecular complexity index is 457. The van der Waals surface area contributed by atoms with Crippen LogP contribution in [0.15, 0.2) is 36.4 Å². The molecule has 1 aromatic carbocycles. The molecule has 0 aromatic heterocycles. The number of ether oxygens (including phenoxy) is 1. The van der Waals surface area contributed by atoms with Crippen LogP contribution in [0.2, 0.25) is 0 Å². The largest absolute Gasteiger partial charge is 0.463 e. The maximum Gasteiger partial charge on any atom is 0.330 e. The predicted molar refractivity (Wildman–Crippen MR) is 76.1 cm³/mol. The van der Waals surface area contributed by atoms with Crippen molar-refractivity contribution in [1.29, 1.82) is 0 Å². The number of benzene rings is 1. The van der Waals surface area contributed by atoms with Crippen molar-refractivity contribution >= 4 is 11.7 Å². The minimum Gasteiger partial charge on any atom is -0.463 e. The molecule has 0 saturated heterocycles. The Morgan fingerprint density at radius 3 is 3.16 bits per heavy atom. The standard InChI is InChI=1S/C15H20N2O2/c1-2-19-15(18)8-5-10-17-11-9-16-12-13-6-3-4-7-14(13)17/h3-8,16H,2,9-12H2,1H3/b8-5+. The van der Waals surface area contributed by atoms with E-state index in [4.69, 9.17) is 4.74 Å². The highest BCUT2D eigenvalue weighted by molar-refractivity contribution is 5.82. The van der Waals surface area contributed by atoms with E-state index >= 15 is 0 Å². The Kier molecular flexibility index (Phi) is 4.98. The maximum atomic E-state index is 11.3. The van der Waals surface area contributed by atoms with Crippen LogP contribution in [0.3, 0.4) is 0 Å². The molecule has 0 bridgehead atoms. The molecule has 0 fully saturated rings. The van der Waals surface area contributed by atoms with Gasteiger partial charge in [-0.2, -0.15) is 0 Å². The van der Waals surface area contributed by atoms with Crippen LogP contribution < -0.4 is 10.2 Å². The normalized spacial score (nSPS) is 15.1. The molecule has 2 rings (SSSR count). The number of rotatable bonds is 4. The van der Waals surface area contributed by atoms with Crippen molar-refractivity contribution in [3.8, 4) is 0 Å². The summed E-state index contributed by atoms with van der Waals surface area (Å²) in [5.74, 6) is -0.274. The van der Waals surface area contributed by atoms with E-state index in [1.54, 1.807) is 0 Å². The Hall–Kier alpha value is -1.81. The SMILES string of the molecule is CCOC(=O)/C=C/CN1CCNCc2ccccc21. The van der Waals surface area contributed by atoms with Crippen molar-refractivity contribution < 1.29 is 9.53 Å². The van der Waals surface area contributed by atoms with Gasteiger partial charge in [-0.25, -0.2) is 4.79 Å². The van der Waals surface area contributed by atoms with Crippen molar-refractivity contribution in [3.05, 3.63) is 42.0 Å². The van der Waals surface area contributed by atoms with E-state index in [-0.39, 0.29) is 5.97 Å². The van der Waals surface area contributed by atoms with E-state index in [2.05, 4.69) is 28.4 Å². The summed E-state index contributed by atoms with van der Waals surface area (Å²) < 4.78 is 4.87. The van der Waals surface area contributed by atoms with E-state index in [0.29, 0.717) is 6.61 Å². The molecule has 1 aromatic rings. The van der Waals surface area contributed by atoms with Gasteiger partial charge in [-0.1, -0.05) is 24.3 Å². The highest BCUT2D eigenvalue weighted by atomic mass is 16.5. The first-order valence-electron chi connectivity index (χ1n) is 6.68. The Morgan fingerprint density at radius 1 is 1.47 bits per heavy atom. The van der Waals surface area contributed by atoms with Crippen molar-refractivity contribution in [3.63, 3.8) is 0 Å². The summed E-state index contributed by atoms with van der Waals surface area (Å²) in [5.41, 5.74) is 2.53. The zero-order valence-electron chi connectivity index (χ0n) is 11.3. The van der Waals surface area contributed by atoms with Gasteiger partial charge in [0.25, 0.3) is 0 Å². The van der Waals surface area contributed by atoms with Gasteiger partial charge in [0.2, 0.25) is 0 Å². The first kappa shape index (κ1) is 13.6. The lowest BCUT2D eigenvalue weighted by Gasteiger charge is -2.22. The van der Waals surface area contributed by atoms with Crippen LogP contribution in [0.4, 0.5) is 5.69 Å². The lowest BCUT2D eigenvalue weighted by Crippen LogP contribution is -2.28. The Balaban J connectivity index is 2.02. The quantitative estimate of drug-likeness (QED) is 0.661. The van der Waals surface area contributed by atoms with Gasteiger partial charge in [0.05, 0.1) is 6.61 Å². The Labute approximate surface area is 114 Å². The number of esters is 1. The number of hydrogen-bond acceptors (Lipinski definition) is 4. The van der Waals surface area contributed by atoms with Gasteiger partial charge in [-0.3, -0.25) is 0 Å². The molecule has 0 amide bonds. The third kappa shape index (κ3) is 3.83. The first-order valence-corrected chi connectivity index (χ1v) is 6.68. The maximum absolute atomic E-state index is 11.3. The van der Waals surface area contributed by atoms with Gasteiger partial charge in [-0.05, 0) is 18.6 Å². The monoisotopic (exact) mass is 260 g/mol. The van der Waals surface area contributed by atoms with Crippen molar-refractivity contribution in [2.45, 2.75) is 13.5 Å². The number of carbonyl (C=O) groups is 1. The van der Waals surface area contributed by atoms with Crippen LogP contribution in [-0.4, -0.2) is 32.2 Å². The van der Waals surface area contributed by atoms with Crippen molar-refractivity contribution in [2.75, 3.05) is 31.1 Å². The van der Waals surface area contributed by atoms with Gasteiger partial charge in [0.1, 0.15) is 0 Å². The van der Waals surface area contributed by atoms with Crippen LogP contribution in [0.5, 0.6) is 0 Å². The molecule has 0 spiro atoms. The van der Waals surface area contributed by atoms with Crippen LogP contribution in [-0.2, 0) is 16.1 Å². The van der Waals surface area contributed by atoms with Crippen LogP contribution in [0.1, 0.15) is 12.5 Å². The molecular weight excluding hydrogens is 240 g/mol. The third-order valence-electron chi connectivity index (χ3n) is 3.07. The number of para-hydroxylation sites is 1. The molecule has 19 heavy (non-hydrogen) atoms. The minimum absolute atomic E-state index is 0.274. The van der Waals surface area contributed by atoms with Crippen molar-refractivity contribution in [1.82, 2.24) is 5.32 Å². The lowest BCUT2D eigenvalue weighted by atomic mass is 10.1. The molecule has 0 atom stereocenters. The molecule has 0 radical (unpaired) electrons. The molecule has 0 unspecified atom stereocenters. The van der Waals surface area contributed by atoms with Crippen LogP contribution in [0, 0.1) is 0 Å². The van der Waals surface area contributed by atoms with E-state index in [0.717, 1.165) is 26.2 Å². The van der Waals surface area contributed by atoms with Crippen LogP contribution in [0.25, 0.3) is 0 Å². The molecule has 4 heteroatoms. The summed E-state index contributed by atoms with van der Waals surface area (Å²) in [5, 5.41) is 3.40. The highest BCUT2D eigenvalue weighted by Gasteiger charge is 2.12. The van der Waals surface area contributed by atoms with E-state index in [1.807, 2.05) is 19.1 Å². The number of nitrogens with zero attached hydrogens (tertiary/aromatic N) is 1. The summed E-state index contributed by atoms with van der Waals surface area (Å²) in [7, 11) is 0. The number of fused-ring (bicyclic) bond motifs is 1. The molecular formula is C15H20N2O2. The van der Waals surface area contributed by atoms with Gasteiger partial charge >= 0.3 is 5.97 Å². The summed E-state index contributed by atoms with van der Waals surface area (Å²) >= 11 is 0. The number of nitrogens with one attached hydrogen (secondary N) is 1. The zero-order valence-corrected chi connectivity index (χ0v) is 11.3. The summed E-state index contributed by atoms with van der Waals surface area (Å²) in [6.45, 7) is 5.72. The van der Waals surface area contributed by atoms with E-state index in [9.17, 15) is 4.79 Å². The third-order valence-corrected chi connectivity index (χ3v) is 3.07. The highest BCUT2D eigenvalue weighted by Crippen LogP contribution is 2.21. The lowest BCUT2D eigenvalue weighted by molar-refractivity contribution is -0.137. The fraction of sp³-hybridized carbons (Fsp3) is 0.400. The topological polar surface area (TPSA) is 41.6 Å². The number of carbonyl (C=O) groups excluding carboxylic acids is 1. The second kappa shape index (κ2) is 6.95. The predicted octanol–water partition coefficient (Wildman–Crippen LogP) is 1.72. The summed E-state index contributed by atoms with van der Waals surface area (Å²) in [6.07, 6.45) is 3.37. The molecule has 1 N–H and O–H groups in total. The first-order chi connectivity index (χ1) is 9.31. The van der Waals surface area contributed by atoms with Gasteiger partial charge in [-0.15, -0.1) is 0 Å². The van der Waals surface area contributed by atoms with Gasteiger partial charge in [0.15, 0.2) is 0 Å². The fourth-order valence-electron chi connectivity index (χ4n) is 2.18. The second-order valence-electron chi connectivity index (χ2n) is 4.41. The van der Waals surface area contributed by atoms with Crippen molar-refractivity contribution in [2.24, 2.45) is 0 Å². The smallest absolute Gasteiger partial charge is 0.330 e. The molecule has 0 aliphatic carbocycles. The molecule has 1 heterocycles. The van der Waals surface area contributed by atoms with E-state index < -0.39 is 0 Å². The zero-order chi connectivity index (χ0) is 13.5. The molecule has 4 nitrogen and oxygen atoms in total. The molecule has 1 aliphatic heterocycles. The molecule has 0 saturated carbocycles. The fourth-order valence-corrected chi connectivity index (χ4v) is 2.18. The Morgan fingerprint density at radius 2 is 2.32 bits per heavy atom. The average molecular weight is 260 g/mol. The average Bonchev–Trinajstić information content (AvgIpc) is 2.62. The number of anilines is 1. The second-order valence-corrected chi connectivity index (χ2v) is 4.41. The minimum atomic E-state index is -0.274. The van der Waals surface area contributed by atoms with Crippen LogP contribution >= 0.6 is 0 Å². The van der Waals surface area contributed by atoms with E-state index in [1.165, 1.54) is 17.3 Å².